The van der Waals surface area contributed by atoms with E-state index < -0.39 is 0 Å². The molecule has 2 heterocycles. The third-order valence-corrected chi connectivity index (χ3v) is 3.94. The molecule has 0 bridgehead atoms. The summed E-state index contributed by atoms with van der Waals surface area (Å²) in [5.74, 6) is -0.0219. The highest BCUT2D eigenvalue weighted by Gasteiger charge is 2.15. The standard InChI is InChI=1S/C17H19N3O/c1-19(17(21)14-8-10-18-11-9-14)15-4-6-16(7-5-15)20-12-2-3-13-20/h4-11H,2-3,12-13H2,1H3. The van der Waals surface area contributed by atoms with Crippen LogP contribution in [0.1, 0.15) is 23.2 Å². The molecule has 2 aromatic rings. The number of pyridine rings is 1. The van der Waals surface area contributed by atoms with Gasteiger partial charge in [-0.3, -0.25) is 9.78 Å². The van der Waals surface area contributed by atoms with E-state index >= 15 is 0 Å². The Bertz CT molecular complexity index is 604. The normalized spacial score (nSPS) is 14.2. The molecule has 0 N–H and O–H groups in total. The third-order valence-electron chi connectivity index (χ3n) is 3.94. The Hall–Kier alpha value is -2.36. The van der Waals surface area contributed by atoms with Crippen LogP contribution in [-0.2, 0) is 0 Å². The topological polar surface area (TPSA) is 36.4 Å². The van der Waals surface area contributed by atoms with Crippen LogP contribution in [0.2, 0.25) is 0 Å². The lowest BCUT2D eigenvalue weighted by Crippen LogP contribution is -2.26. The number of benzene rings is 1. The van der Waals surface area contributed by atoms with E-state index in [4.69, 9.17) is 0 Å². The molecule has 1 fully saturated rings. The van der Waals surface area contributed by atoms with Crippen molar-refractivity contribution in [3.8, 4) is 0 Å². The smallest absolute Gasteiger partial charge is 0.258 e. The number of amides is 1. The van der Waals surface area contributed by atoms with E-state index in [0.29, 0.717) is 5.56 Å². The SMILES string of the molecule is CN(C(=O)c1ccncc1)c1ccc(N2CCCC2)cc1. The van der Waals surface area contributed by atoms with E-state index in [9.17, 15) is 4.79 Å². The van der Waals surface area contributed by atoms with Gasteiger partial charge in [0.15, 0.2) is 0 Å². The molecular weight excluding hydrogens is 262 g/mol. The largest absolute Gasteiger partial charge is 0.372 e. The summed E-state index contributed by atoms with van der Waals surface area (Å²) in [6.45, 7) is 2.26. The summed E-state index contributed by atoms with van der Waals surface area (Å²) in [6, 6.07) is 11.7. The molecule has 0 aliphatic carbocycles. The first-order valence-electron chi connectivity index (χ1n) is 7.29. The monoisotopic (exact) mass is 281 g/mol. The molecule has 3 rings (SSSR count). The molecule has 1 aromatic heterocycles. The van der Waals surface area contributed by atoms with Crippen LogP contribution in [0.5, 0.6) is 0 Å². The molecule has 0 spiro atoms. The van der Waals surface area contributed by atoms with Crippen molar-refractivity contribution in [3.05, 3.63) is 54.4 Å². The number of carbonyl (C=O) groups excluding carboxylic acids is 1. The van der Waals surface area contributed by atoms with Crippen LogP contribution in [-0.4, -0.2) is 31.0 Å². The third kappa shape index (κ3) is 2.89. The van der Waals surface area contributed by atoms with E-state index in [1.807, 2.05) is 12.1 Å². The Morgan fingerprint density at radius 2 is 1.67 bits per heavy atom. The fraction of sp³-hybridized carbons (Fsp3) is 0.294. The Balaban J connectivity index is 1.75. The van der Waals surface area contributed by atoms with Gasteiger partial charge in [0.2, 0.25) is 0 Å². The molecule has 1 aromatic carbocycles. The van der Waals surface area contributed by atoms with Crippen molar-refractivity contribution in [2.24, 2.45) is 0 Å². The number of carbonyl (C=O) groups is 1. The molecule has 0 saturated carbocycles. The lowest BCUT2D eigenvalue weighted by molar-refractivity contribution is 0.0993. The van der Waals surface area contributed by atoms with Gasteiger partial charge in [-0.1, -0.05) is 0 Å². The first-order valence-corrected chi connectivity index (χ1v) is 7.29. The van der Waals surface area contributed by atoms with Crippen molar-refractivity contribution in [2.45, 2.75) is 12.8 Å². The van der Waals surface area contributed by atoms with Gasteiger partial charge in [-0.05, 0) is 49.2 Å². The first kappa shape index (κ1) is 13.6. The Morgan fingerprint density at radius 1 is 1.05 bits per heavy atom. The summed E-state index contributed by atoms with van der Waals surface area (Å²) < 4.78 is 0. The maximum Gasteiger partial charge on any atom is 0.258 e. The van der Waals surface area contributed by atoms with Crippen molar-refractivity contribution in [3.63, 3.8) is 0 Å². The summed E-state index contributed by atoms with van der Waals surface area (Å²) in [5.41, 5.74) is 2.79. The summed E-state index contributed by atoms with van der Waals surface area (Å²) in [7, 11) is 1.80. The van der Waals surface area contributed by atoms with E-state index in [0.717, 1.165) is 18.8 Å². The zero-order chi connectivity index (χ0) is 14.7. The van der Waals surface area contributed by atoms with Gasteiger partial charge in [-0.2, -0.15) is 0 Å². The lowest BCUT2D eigenvalue weighted by atomic mass is 10.2. The van der Waals surface area contributed by atoms with Crippen LogP contribution in [0.15, 0.2) is 48.8 Å². The van der Waals surface area contributed by atoms with E-state index in [1.165, 1.54) is 18.5 Å². The molecule has 21 heavy (non-hydrogen) atoms. The van der Waals surface area contributed by atoms with E-state index in [1.54, 1.807) is 36.5 Å². The summed E-state index contributed by atoms with van der Waals surface area (Å²) in [4.78, 5) is 20.4. The van der Waals surface area contributed by atoms with Gasteiger partial charge in [0.1, 0.15) is 0 Å². The van der Waals surface area contributed by atoms with Crippen LogP contribution in [0.4, 0.5) is 11.4 Å². The molecule has 0 radical (unpaired) electrons. The van der Waals surface area contributed by atoms with Gasteiger partial charge >= 0.3 is 0 Å². The molecule has 1 aliphatic heterocycles. The number of nitrogens with zero attached hydrogens (tertiary/aromatic N) is 3. The molecule has 1 amide bonds. The zero-order valence-electron chi connectivity index (χ0n) is 12.2. The first-order chi connectivity index (χ1) is 10.3. The highest BCUT2D eigenvalue weighted by Crippen LogP contribution is 2.24. The average Bonchev–Trinajstić information content (AvgIpc) is 3.09. The molecule has 0 unspecified atom stereocenters. The van der Waals surface area contributed by atoms with Crippen LogP contribution in [0.25, 0.3) is 0 Å². The van der Waals surface area contributed by atoms with Crippen LogP contribution >= 0.6 is 0 Å². The van der Waals surface area contributed by atoms with Crippen molar-refractivity contribution in [1.82, 2.24) is 4.98 Å². The number of hydrogen-bond acceptors (Lipinski definition) is 3. The maximum atomic E-state index is 12.4. The second-order valence-electron chi connectivity index (χ2n) is 5.31. The predicted octanol–water partition coefficient (Wildman–Crippen LogP) is 2.96. The van der Waals surface area contributed by atoms with Gasteiger partial charge in [0.05, 0.1) is 0 Å². The number of rotatable bonds is 3. The van der Waals surface area contributed by atoms with Gasteiger partial charge in [-0.25, -0.2) is 0 Å². The number of hydrogen-bond donors (Lipinski definition) is 0. The quantitative estimate of drug-likeness (QED) is 0.868. The minimum atomic E-state index is -0.0219. The second kappa shape index (κ2) is 5.95. The van der Waals surface area contributed by atoms with Gasteiger partial charge in [0.25, 0.3) is 5.91 Å². The highest BCUT2D eigenvalue weighted by molar-refractivity contribution is 6.05. The maximum absolute atomic E-state index is 12.4. The van der Waals surface area contributed by atoms with Gasteiger partial charge in [-0.15, -0.1) is 0 Å². The molecule has 4 nitrogen and oxygen atoms in total. The van der Waals surface area contributed by atoms with Crippen molar-refractivity contribution in [1.29, 1.82) is 0 Å². The average molecular weight is 281 g/mol. The molecule has 1 aliphatic rings. The van der Waals surface area contributed by atoms with Crippen molar-refractivity contribution in [2.75, 3.05) is 29.9 Å². The Labute approximate surface area is 125 Å². The molecule has 4 heteroatoms. The van der Waals surface area contributed by atoms with E-state index in [-0.39, 0.29) is 5.91 Å². The molecular formula is C17H19N3O. The van der Waals surface area contributed by atoms with E-state index in [2.05, 4.69) is 22.0 Å². The van der Waals surface area contributed by atoms with Crippen LogP contribution in [0.3, 0.4) is 0 Å². The van der Waals surface area contributed by atoms with Gasteiger partial charge in [0, 0.05) is 49.5 Å². The highest BCUT2D eigenvalue weighted by atomic mass is 16.2. The molecule has 1 saturated heterocycles. The summed E-state index contributed by atoms with van der Waals surface area (Å²) in [5, 5.41) is 0. The minimum Gasteiger partial charge on any atom is -0.372 e. The Morgan fingerprint density at radius 3 is 2.29 bits per heavy atom. The fourth-order valence-corrected chi connectivity index (χ4v) is 2.67. The van der Waals surface area contributed by atoms with Crippen molar-refractivity contribution < 1.29 is 4.79 Å². The lowest BCUT2D eigenvalue weighted by Gasteiger charge is -2.21. The predicted molar refractivity (Wildman–Crippen MR) is 84.9 cm³/mol. The molecule has 0 atom stereocenters. The Kier molecular flexibility index (Phi) is 3.86. The van der Waals surface area contributed by atoms with Crippen molar-refractivity contribution >= 4 is 17.3 Å². The second-order valence-corrected chi connectivity index (χ2v) is 5.31. The van der Waals surface area contributed by atoms with Gasteiger partial charge < -0.3 is 9.80 Å². The summed E-state index contributed by atoms with van der Waals surface area (Å²) in [6.07, 6.45) is 5.81. The zero-order valence-corrected chi connectivity index (χ0v) is 12.2. The number of anilines is 2. The van der Waals surface area contributed by atoms with Crippen LogP contribution in [0, 0.1) is 0 Å². The fourth-order valence-electron chi connectivity index (χ4n) is 2.67. The minimum absolute atomic E-state index is 0.0219. The summed E-state index contributed by atoms with van der Waals surface area (Å²) >= 11 is 0. The number of aromatic nitrogens is 1. The van der Waals surface area contributed by atoms with Crippen LogP contribution < -0.4 is 9.80 Å². The molecule has 108 valence electrons.